The molecule has 1 N–H and O–H groups in total. The van der Waals surface area contributed by atoms with Gasteiger partial charge in [-0.1, -0.05) is 6.92 Å². The molecule has 0 aliphatic rings. The van der Waals surface area contributed by atoms with Crippen LogP contribution in [0.5, 0.6) is 0 Å². The molecule has 110 valence electrons. The molecule has 0 aromatic carbocycles. The molecular formula is C12H20F3N3O. The van der Waals surface area contributed by atoms with Gasteiger partial charge in [0.05, 0.1) is 12.8 Å². The Bertz CT molecular complexity index is 390. The number of aromatic nitrogens is 2. The van der Waals surface area contributed by atoms with Crippen LogP contribution in [0.15, 0.2) is 6.20 Å². The van der Waals surface area contributed by atoms with Gasteiger partial charge in [0, 0.05) is 31.8 Å². The van der Waals surface area contributed by atoms with Crippen molar-refractivity contribution in [3.05, 3.63) is 17.5 Å². The molecule has 1 heterocycles. The highest BCUT2D eigenvalue weighted by molar-refractivity contribution is 5.21. The summed E-state index contributed by atoms with van der Waals surface area (Å²) >= 11 is 0. The minimum absolute atomic E-state index is 0.134. The highest BCUT2D eigenvalue weighted by atomic mass is 19.4. The van der Waals surface area contributed by atoms with Crippen LogP contribution in [-0.4, -0.2) is 30.0 Å². The number of nitrogens with zero attached hydrogens (tertiary/aromatic N) is 2. The lowest BCUT2D eigenvalue weighted by atomic mass is 10.2. The van der Waals surface area contributed by atoms with Crippen molar-refractivity contribution in [1.29, 1.82) is 0 Å². The van der Waals surface area contributed by atoms with Crippen LogP contribution < -0.4 is 5.32 Å². The zero-order valence-electron chi connectivity index (χ0n) is 11.4. The molecule has 0 saturated heterocycles. The minimum atomic E-state index is -4.39. The molecule has 4 nitrogen and oxygen atoms in total. The predicted molar refractivity (Wildman–Crippen MR) is 65.8 cm³/mol. The third kappa shape index (κ3) is 4.21. The number of ether oxygens (including phenoxy) is 1. The van der Waals surface area contributed by atoms with Crippen LogP contribution in [0.3, 0.4) is 0 Å². The van der Waals surface area contributed by atoms with Gasteiger partial charge in [-0.2, -0.15) is 18.3 Å². The minimum Gasteiger partial charge on any atom is -0.383 e. The first-order valence-electron chi connectivity index (χ1n) is 6.25. The smallest absolute Gasteiger partial charge is 0.383 e. The van der Waals surface area contributed by atoms with Crippen molar-refractivity contribution in [2.75, 3.05) is 20.3 Å². The molecule has 0 bridgehead atoms. The van der Waals surface area contributed by atoms with Crippen LogP contribution in [0.4, 0.5) is 13.2 Å². The lowest BCUT2D eigenvalue weighted by molar-refractivity contribution is -0.145. The third-order valence-corrected chi connectivity index (χ3v) is 2.95. The van der Waals surface area contributed by atoms with E-state index in [4.69, 9.17) is 4.74 Å². The molecule has 1 rings (SSSR count). The van der Waals surface area contributed by atoms with E-state index in [1.165, 1.54) is 6.20 Å². The van der Waals surface area contributed by atoms with Gasteiger partial charge in [0.1, 0.15) is 5.69 Å². The van der Waals surface area contributed by atoms with Crippen molar-refractivity contribution < 1.29 is 17.9 Å². The van der Waals surface area contributed by atoms with Gasteiger partial charge in [0.2, 0.25) is 0 Å². The second-order valence-corrected chi connectivity index (χ2v) is 4.39. The van der Waals surface area contributed by atoms with Gasteiger partial charge in [-0.15, -0.1) is 0 Å². The summed E-state index contributed by atoms with van der Waals surface area (Å²) in [6.07, 6.45) is -2.51. The summed E-state index contributed by atoms with van der Waals surface area (Å²) in [7, 11) is 1.55. The summed E-state index contributed by atoms with van der Waals surface area (Å²) in [4.78, 5) is 0. The fraction of sp³-hybridized carbons (Fsp3) is 0.750. The maximum absolute atomic E-state index is 13.1. The largest absolute Gasteiger partial charge is 0.433 e. The highest BCUT2D eigenvalue weighted by Gasteiger charge is 2.38. The summed E-state index contributed by atoms with van der Waals surface area (Å²) in [5.41, 5.74) is -0.490. The van der Waals surface area contributed by atoms with E-state index in [1.807, 2.05) is 6.92 Å². The molecule has 1 atom stereocenters. The van der Waals surface area contributed by atoms with Crippen molar-refractivity contribution in [1.82, 2.24) is 15.1 Å². The molecule has 0 radical (unpaired) electrons. The number of hydrogen-bond acceptors (Lipinski definition) is 3. The Kier molecular flexibility index (Phi) is 5.81. The van der Waals surface area contributed by atoms with E-state index in [9.17, 15) is 13.2 Å². The van der Waals surface area contributed by atoms with Gasteiger partial charge >= 0.3 is 6.18 Å². The Balaban J connectivity index is 2.89. The first kappa shape index (κ1) is 16.0. The van der Waals surface area contributed by atoms with Gasteiger partial charge in [0.25, 0.3) is 0 Å². The van der Waals surface area contributed by atoms with Gasteiger partial charge < -0.3 is 10.1 Å². The van der Waals surface area contributed by atoms with Gasteiger partial charge in [-0.3, -0.25) is 4.68 Å². The number of hydrogen-bond donors (Lipinski definition) is 1. The van der Waals surface area contributed by atoms with E-state index >= 15 is 0 Å². The van der Waals surface area contributed by atoms with Crippen molar-refractivity contribution in [3.8, 4) is 0 Å². The third-order valence-electron chi connectivity index (χ3n) is 2.95. The molecule has 1 aromatic rings. The lowest BCUT2D eigenvalue weighted by Gasteiger charge is -2.17. The monoisotopic (exact) mass is 279 g/mol. The van der Waals surface area contributed by atoms with Crippen LogP contribution in [0.25, 0.3) is 0 Å². The van der Waals surface area contributed by atoms with E-state index in [0.717, 1.165) is 4.68 Å². The van der Waals surface area contributed by atoms with Crippen LogP contribution in [0, 0.1) is 0 Å². The Labute approximate surface area is 110 Å². The molecule has 0 saturated carbocycles. The van der Waals surface area contributed by atoms with Crippen LogP contribution >= 0.6 is 0 Å². The molecule has 1 unspecified atom stereocenters. The fourth-order valence-corrected chi connectivity index (χ4v) is 1.74. The van der Waals surface area contributed by atoms with E-state index in [-0.39, 0.29) is 18.2 Å². The molecule has 19 heavy (non-hydrogen) atoms. The standard InChI is InChI=1S/C12H20F3N3O/c1-4-9(2)18-11(12(13,14)15)10(8-17-18)7-16-5-6-19-3/h8-9,16H,4-7H2,1-3H3. The first-order chi connectivity index (χ1) is 8.91. The molecule has 7 heteroatoms. The predicted octanol–water partition coefficient (Wildman–Crippen LogP) is 2.61. The Morgan fingerprint density at radius 1 is 1.47 bits per heavy atom. The molecule has 0 aliphatic carbocycles. The second kappa shape index (κ2) is 6.91. The number of methoxy groups -OCH3 is 1. The molecule has 1 aromatic heterocycles. The van der Waals surface area contributed by atoms with E-state index in [2.05, 4.69) is 10.4 Å². The maximum atomic E-state index is 13.1. The van der Waals surface area contributed by atoms with Crippen molar-refractivity contribution >= 4 is 0 Å². The summed E-state index contributed by atoms with van der Waals surface area (Å²) < 4.78 is 45.2. The van der Waals surface area contributed by atoms with Gasteiger partial charge in [0.15, 0.2) is 0 Å². The second-order valence-electron chi connectivity index (χ2n) is 4.39. The highest BCUT2D eigenvalue weighted by Crippen LogP contribution is 2.34. The first-order valence-corrected chi connectivity index (χ1v) is 6.25. The average Bonchev–Trinajstić information content (AvgIpc) is 2.77. The number of halogens is 3. The Hall–Kier alpha value is -1.08. The van der Waals surface area contributed by atoms with E-state index in [1.54, 1.807) is 14.0 Å². The molecule has 0 fully saturated rings. The zero-order chi connectivity index (χ0) is 14.5. The van der Waals surface area contributed by atoms with E-state index in [0.29, 0.717) is 19.6 Å². The SMILES string of the molecule is CCC(C)n1ncc(CNCCOC)c1C(F)(F)F. The van der Waals surface area contributed by atoms with E-state index < -0.39 is 11.9 Å². The summed E-state index contributed by atoms with van der Waals surface area (Å²) in [6.45, 7) is 4.66. The fourth-order valence-electron chi connectivity index (χ4n) is 1.74. The van der Waals surface area contributed by atoms with Crippen molar-refractivity contribution in [2.24, 2.45) is 0 Å². The molecule has 0 amide bonds. The average molecular weight is 279 g/mol. The van der Waals surface area contributed by atoms with Crippen LogP contribution in [-0.2, 0) is 17.5 Å². The molecular weight excluding hydrogens is 259 g/mol. The number of rotatable bonds is 7. The zero-order valence-corrected chi connectivity index (χ0v) is 11.4. The number of alkyl halides is 3. The van der Waals surface area contributed by atoms with Crippen LogP contribution in [0.2, 0.25) is 0 Å². The lowest BCUT2D eigenvalue weighted by Crippen LogP contribution is -2.23. The summed E-state index contributed by atoms with van der Waals surface area (Å²) in [5.74, 6) is 0. The molecule has 0 aliphatic heterocycles. The quantitative estimate of drug-likeness (QED) is 0.780. The normalized spacial score (nSPS) is 13.8. The van der Waals surface area contributed by atoms with Crippen molar-refractivity contribution in [2.45, 2.75) is 39.0 Å². The van der Waals surface area contributed by atoms with Gasteiger partial charge in [-0.25, -0.2) is 0 Å². The Morgan fingerprint density at radius 2 is 2.16 bits per heavy atom. The van der Waals surface area contributed by atoms with Crippen LogP contribution in [0.1, 0.15) is 37.6 Å². The van der Waals surface area contributed by atoms with Crippen molar-refractivity contribution in [3.63, 3.8) is 0 Å². The number of nitrogens with one attached hydrogen (secondary N) is 1. The summed E-state index contributed by atoms with van der Waals surface area (Å²) in [6, 6.07) is -0.274. The summed E-state index contributed by atoms with van der Waals surface area (Å²) in [5, 5.41) is 6.78. The topological polar surface area (TPSA) is 39.1 Å². The Morgan fingerprint density at radius 3 is 2.68 bits per heavy atom. The van der Waals surface area contributed by atoms with Gasteiger partial charge in [-0.05, 0) is 13.3 Å². The maximum Gasteiger partial charge on any atom is 0.433 e. The molecule has 0 spiro atoms.